The van der Waals surface area contributed by atoms with E-state index in [4.69, 9.17) is 14.2 Å². The van der Waals surface area contributed by atoms with Crippen molar-refractivity contribution >= 4 is 42.3 Å². The van der Waals surface area contributed by atoms with Crippen LogP contribution in [0, 0.1) is 5.92 Å². The van der Waals surface area contributed by atoms with E-state index in [-0.39, 0.29) is 61.8 Å². The molecule has 0 saturated heterocycles. The lowest BCUT2D eigenvalue weighted by Crippen LogP contribution is -2.51. The number of hydrogen-bond acceptors (Lipinski definition) is 8. The van der Waals surface area contributed by atoms with Crippen molar-refractivity contribution in [3.05, 3.63) is 88.6 Å². The second-order valence-corrected chi connectivity index (χ2v) is 20.0. The standard InChI is InChI=1S/C54H80BF2N7O7/c1-10-16-43-34-45(18-15-30-64(6,7)8)62-48(43)38-49-44(17-11-2)35-46(63(49)55(62,56)57)22-23-47(65)36-41(12-3)54(68)60-26-14-13-19-52(66)59-28-32-71-50-24-21-42(37-51(50)69-9)40(5)58-27-31-70-33-29-61-39(4)20-25-53(61)67/h20-21,24-25,34-35,37-38,40-41,58H,4,10-19,22-23,26-33,36H2,1-3,5-9H3,(H-,59,60,66,68)/p+1. The number of allylic oxidation sites excluding steroid dienone is 3. The van der Waals surface area contributed by atoms with E-state index in [0.717, 1.165) is 53.4 Å². The van der Waals surface area contributed by atoms with Crippen molar-refractivity contribution in [2.75, 3.05) is 80.8 Å². The maximum atomic E-state index is 17.0. The molecule has 0 aliphatic carbocycles. The van der Waals surface area contributed by atoms with Crippen molar-refractivity contribution in [2.45, 2.75) is 117 Å². The largest absolute Gasteiger partial charge is 0.737 e. The number of hydrogen-bond donors (Lipinski definition) is 3. The quantitative estimate of drug-likeness (QED) is 0.0376. The molecule has 0 saturated carbocycles. The molecule has 0 radical (unpaired) electrons. The number of amides is 3. The summed E-state index contributed by atoms with van der Waals surface area (Å²) in [5.74, 6) is 0.0733. The fourth-order valence-electron chi connectivity index (χ4n) is 9.48. The van der Waals surface area contributed by atoms with Gasteiger partial charge in [-0.15, -0.1) is 0 Å². The van der Waals surface area contributed by atoms with E-state index in [1.807, 2.05) is 57.2 Å². The molecule has 17 heteroatoms. The first-order valence-corrected chi connectivity index (χ1v) is 25.9. The molecule has 4 heterocycles. The molecule has 0 bridgehead atoms. The summed E-state index contributed by atoms with van der Waals surface area (Å²) in [4.78, 5) is 52.6. The highest BCUT2D eigenvalue weighted by molar-refractivity contribution is 6.58. The molecule has 3 N–H and O–H groups in total. The van der Waals surface area contributed by atoms with Crippen LogP contribution in [0.25, 0.3) is 6.08 Å². The second kappa shape index (κ2) is 26.9. The summed E-state index contributed by atoms with van der Waals surface area (Å²) in [5, 5.41) is 9.24. The van der Waals surface area contributed by atoms with Crippen molar-refractivity contribution < 1.29 is 51.0 Å². The minimum Gasteiger partial charge on any atom is -0.493 e. The first-order valence-electron chi connectivity index (χ1n) is 25.9. The Labute approximate surface area is 421 Å². The Morgan fingerprint density at radius 1 is 0.873 bits per heavy atom. The molecule has 3 aliphatic heterocycles. The number of benzene rings is 1. The molecular formula is C54H81BF2N7O7+. The van der Waals surface area contributed by atoms with Gasteiger partial charge in [0.25, 0.3) is 5.91 Å². The molecule has 71 heavy (non-hydrogen) atoms. The van der Waals surface area contributed by atoms with Crippen LogP contribution in [0.1, 0.15) is 127 Å². The summed E-state index contributed by atoms with van der Waals surface area (Å²) >= 11 is 0. The molecule has 2 aromatic rings. The van der Waals surface area contributed by atoms with Crippen LogP contribution in [0.2, 0.25) is 0 Å². The van der Waals surface area contributed by atoms with E-state index in [9.17, 15) is 19.2 Å². The van der Waals surface area contributed by atoms with Crippen molar-refractivity contribution in [1.82, 2.24) is 25.3 Å². The fraction of sp³-hybridized carbons (Fsp3) is 0.574. The minimum atomic E-state index is -4.20. The molecule has 0 fully saturated rings. The summed E-state index contributed by atoms with van der Waals surface area (Å²) in [5.41, 5.74) is 5.80. The van der Waals surface area contributed by atoms with E-state index < -0.39 is 12.9 Å². The van der Waals surface area contributed by atoms with E-state index in [1.54, 1.807) is 18.1 Å². The Hall–Kier alpha value is -5.39. The van der Waals surface area contributed by atoms with Crippen molar-refractivity contribution in [1.29, 1.82) is 0 Å². The molecule has 5 rings (SSSR count). The minimum absolute atomic E-state index is 0.0185. The van der Waals surface area contributed by atoms with Crippen molar-refractivity contribution in [3.8, 4) is 11.5 Å². The maximum absolute atomic E-state index is 17.0. The molecule has 2 atom stereocenters. The summed E-state index contributed by atoms with van der Waals surface area (Å²) < 4.78 is 54.6. The third kappa shape index (κ3) is 15.8. The number of aromatic nitrogens is 1. The van der Waals surface area contributed by atoms with Crippen LogP contribution in [0.15, 0.2) is 66.0 Å². The average molecular weight is 989 g/mol. The number of halogens is 2. The predicted molar refractivity (Wildman–Crippen MR) is 277 cm³/mol. The van der Waals surface area contributed by atoms with Crippen LogP contribution < -0.4 is 25.4 Å². The highest BCUT2D eigenvalue weighted by Gasteiger charge is 2.54. The molecule has 3 amide bonds. The lowest BCUT2D eigenvalue weighted by Gasteiger charge is -2.32. The number of Topliss-reactive ketones (excluding diaryl/α,β-unsaturated/α-hetero) is 1. The van der Waals surface area contributed by atoms with Gasteiger partial charge in [-0.05, 0) is 86.5 Å². The third-order valence-corrected chi connectivity index (χ3v) is 13.4. The molecule has 3 aliphatic rings. The Morgan fingerprint density at radius 2 is 1.65 bits per heavy atom. The van der Waals surface area contributed by atoms with E-state index in [1.165, 1.54) is 15.0 Å². The third-order valence-electron chi connectivity index (χ3n) is 13.4. The number of carbonyl (C=O) groups is 4. The molecular weight excluding hydrogens is 907 g/mol. The SMILES string of the molecule is C=C1C=CC(=O)N1CCOCCNC(C)c1ccc(OCCNC(=O)CCCCNC(=O)C(CC)CC(=O)CCC2=[N+]3C(=Cc4c(CCC)cc(CCC[N+](C)(C)C)n4[B-]3(F)F)C(CCC)=C2)c(OC)c1. The topological polar surface area (TPSA) is 143 Å². The van der Waals surface area contributed by atoms with Crippen molar-refractivity contribution in [3.63, 3.8) is 0 Å². The number of rotatable bonds is 33. The van der Waals surface area contributed by atoms with Gasteiger partial charge in [-0.25, -0.2) is 0 Å². The zero-order valence-corrected chi connectivity index (χ0v) is 43.8. The number of aryl methyl sites for hydroxylation is 2. The Kier molecular flexibility index (Phi) is 21.4. The Balaban J connectivity index is 1.00. The maximum Gasteiger partial charge on any atom is 0.737 e. The normalized spacial score (nSPS) is 15.9. The second-order valence-electron chi connectivity index (χ2n) is 20.0. The van der Waals surface area contributed by atoms with E-state index in [2.05, 4.69) is 50.6 Å². The lowest BCUT2D eigenvalue weighted by atomic mass is 9.88. The lowest BCUT2D eigenvalue weighted by molar-refractivity contribution is -0.870. The summed E-state index contributed by atoms with van der Waals surface area (Å²) in [6.45, 7) is 11.5. The highest BCUT2D eigenvalue weighted by atomic mass is 19.2. The van der Waals surface area contributed by atoms with E-state index in [0.29, 0.717) is 111 Å². The Morgan fingerprint density at radius 3 is 2.34 bits per heavy atom. The number of quaternary nitrogens is 1. The number of ether oxygens (including phenoxy) is 3. The first kappa shape index (κ1) is 56.5. The van der Waals surface area contributed by atoms with Gasteiger partial charge in [0.05, 0.1) is 54.6 Å². The predicted octanol–water partition coefficient (Wildman–Crippen LogP) is 7.69. The monoisotopic (exact) mass is 989 g/mol. The van der Waals surface area contributed by atoms with Gasteiger partial charge in [-0.3, -0.25) is 19.2 Å². The van der Waals surface area contributed by atoms with Crippen LogP contribution in [-0.4, -0.2) is 135 Å². The molecule has 0 spiro atoms. The average Bonchev–Trinajstić information content (AvgIpc) is 3.98. The summed E-state index contributed by atoms with van der Waals surface area (Å²) in [7, 11) is 7.91. The molecule has 1 aromatic carbocycles. The van der Waals surface area contributed by atoms with Gasteiger partial charge in [-0.1, -0.05) is 46.3 Å². The van der Waals surface area contributed by atoms with E-state index >= 15 is 8.63 Å². The highest BCUT2D eigenvalue weighted by Crippen LogP contribution is 2.40. The van der Waals surface area contributed by atoms with Gasteiger partial charge in [0, 0.05) is 98.9 Å². The van der Waals surface area contributed by atoms with Crippen LogP contribution in [0.4, 0.5) is 8.63 Å². The van der Waals surface area contributed by atoms with Gasteiger partial charge in [-0.2, -0.15) is 0 Å². The number of fused-ring (bicyclic) bond motifs is 2. The van der Waals surface area contributed by atoms with Gasteiger partial charge in [0.15, 0.2) is 17.2 Å². The van der Waals surface area contributed by atoms with Crippen LogP contribution in [0.3, 0.4) is 0 Å². The smallest absolute Gasteiger partial charge is 0.493 e. The zero-order chi connectivity index (χ0) is 51.7. The number of nitrogens with one attached hydrogen (secondary N) is 3. The van der Waals surface area contributed by atoms with Gasteiger partial charge in [0.2, 0.25) is 11.8 Å². The van der Waals surface area contributed by atoms with Crippen LogP contribution >= 0.6 is 0 Å². The zero-order valence-electron chi connectivity index (χ0n) is 43.8. The number of nitrogens with zero attached hydrogens (tertiary/aromatic N) is 4. The van der Waals surface area contributed by atoms with Crippen LogP contribution in [0.5, 0.6) is 11.5 Å². The Bertz CT molecular complexity index is 2310. The first-order chi connectivity index (χ1) is 33.9. The number of unbranched alkanes of at least 4 members (excludes halogenated alkanes) is 1. The number of methoxy groups -OCH3 is 1. The van der Waals surface area contributed by atoms with Gasteiger partial charge in [0.1, 0.15) is 18.1 Å². The van der Waals surface area contributed by atoms with Crippen molar-refractivity contribution in [2.24, 2.45) is 5.92 Å². The fourth-order valence-corrected chi connectivity index (χ4v) is 9.48. The van der Waals surface area contributed by atoms with Gasteiger partial charge >= 0.3 is 6.97 Å². The van der Waals surface area contributed by atoms with Gasteiger partial charge < -0.3 is 57.1 Å². The van der Waals surface area contributed by atoms with Crippen LogP contribution in [-0.2, 0) is 36.8 Å². The molecule has 2 unspecified atom stereocenters. The number of carbonyl (C=O) groups excluding carboxylic acids is 4. The summed E-state index contributed by atoms with van der Waals surface area (Å²) in [6, 6.07) is 7.73. The molecule has 1 aromatic heterocycles. The number of ketones is 1. The molecule has 390 valence electrons. The molecule has 14 nitrogen and oxygen atoms in total. The summed E-state index contributed by atoms with van der Waals surface area (Å²) in [6.07, 6.45) is 13.6.